The molecule has 3 aliphatic rings. The standard InChI is InChI=1S/C21H30N4O3S2/c26-30(27,25-14-12-24(13-15-25)17-8-2-1-3-9-17)19-11-10-18(29-19)21-23-22-20(28-21)16-6-4-5-7-16/h10-11,16-17H,1-9,12-15H2. The molecule has 164 valence electrons. The van der Waals surface area contributed by atoms with E-state index in [4.69, 9.17) is 4.42 Å². The normalized spacial score (nSPS) is 23.3. The molecular weight excluding hydrogens is 420 g/mol. The van der Waals surface area contributed by atoms with E-state index in [0.29, 0.717) is 41.0 Å². The molecule has 2 saturated carbocycles. The van der Waals surface area contributed by atoms with Crippen LogP contribution in [0.25, 0.3) is 10.8 Å². The second-order valence-electron chi connectivity index (χ2n) is 8.78. The third-order valence-corrected chi connectivity index (χ3v) is 10.3. The minimum atomic E-state index is -3.48. The first kappa shape index (κ1) is 20.6. The molecule has 30 heavy (non-hydrogen) atoms. The van der Waals surface area contributed by atoms with Gasteiger partial charge in [0.15, 0.2) is 0 Å². The van der Waals surface area contributed by atoms with E-state index in [9.17, 15) is 8.42 Å². The van der Waals surface area contributed by atoms with E-state index < -0.39 is 10.0 Å². The number of aromatic nitrogens is 2. The lowest BCUT2D eigenvalue weighted by Crippen LogP contribution is -2.52. The molecule has 5 rings (SSSR count). The predicted molar refractivity (Wildman–Crippen MR) is 116 cm³/mol. The van der Waals surface area contributed by atoms with Crippen LogP contribution in [-0.2, 0) is 10.0 Å². The summed E-state index contributed by atoms with van der Waals surface area (Å²) in [5.74, 6) is 1.49. The van der Waals surface area contributed by atoms with Crippen molar-refractivity contribution >= 4 is 21.4 Å². The lowest BCUT2D eigenvalue weighted by Gasteiger charge is -2.40. The number of nitrogens with zero attached hydrogens (tertiary/aromatic N) is 4. The molecule has 2 aliphatic carbocycles. The highest BCUT2D eigenvalue weighted by Gasteiger charge is 2.33. The molecule has 0 spiro atoms. The number of rotatable bonds is 5. The van der Waals surface area contributed by atoms with Crippen molar-refractivity contribution in [1.29, 1.82) is 0 Å². The van der Waals surface area contributed by atoms with Crippen molar-refractivity contribution < 1.29 is 12.8 Å². The van der Waals surface area contributed by atoms with Gasteiger partial charge in [0.05, 0.1) is 4.88 Å². The van der Waals surface area contributed by atoms with Gasteiger partial charge in [-0.3, -0.25) is 4.90 Å². The molecule has 0 N–H and O–H groups in total. The van der Waals surface area contributed by atoms with Crippen molar-refractivity contribution in [3.8, 4) is 10.8 Å². The molecule has 1 aliphatic heterocycles. The van der Waals surface area contributed by atoms with Crippen LogP contribution in [0.15, 0.2) is 20.8 Å². The molecule has 2 aromatic heterocycles. The summed E-state index contributed by atoms with van der Waals surface area (Å²) < 4.78 is 34.2. The molecule has 2 aromatic rings. The van der Waals surface area contributed by atoms with Crippen LogP contribution in [0.1, 0.15) is 69.6 Å². The largest absolute Gasteiger partial charge is 0.420 e. The second kappa shape index (κ2) is 8.68. The number of thiophene rings is 1. The predicted octanol–water partition coefficient (Wildman–Crippen LogP) is 4.09. The number of hydrogen-bond donors (Lipinski definition) is 0. The fourth-order valence-corrected chi connectivity index (χ4v) is 7.93. The van der Waals surface area contributed by atoms with Crippen LogP contribution >= 0.6 is 11.3 Å². The maximum atomic E-state index is 13.2. The van der Waals surface area contributed by atoms with Crippen molar-refractivity contribution in [1.82, 2.24) is 19.4 Å². The molecule has 0 atom stereocenters. The van der Waals surface area contributed by atoms with Crippen molar-refractivity contribution in [3.63, 3.8) is 0 Å². The monoisotopic (exact) mass is 450 g/mol. The van der Waals surface area contributed by atoms with Crippen LogP contribution in [0.5, 0.6) is 0 Å². The molecule has 0 radical (unpaired) electrons. The van der Waals surface area contributed by atoms with Crippen LogP contribution in [0.2, 0.25) is 0 Å². The van der Waals surface area contributed by atoms with Gasteiger partial charge in [-0.1, -0.05) is 32.1 Å². The summed E-state index contributed by atoms with van der Waals surface area (Å²) in [6.07, 6.45) is 11.1. The zero-order valence-electron chi connectivity index (χ0n) is 17.3. The quantitative estimate of drug-likeness (QED) is 0.682. The van der Waals surface area contributed by atoms with Gasteiger partial charge in [0.1, 0.15) is 4.21 Å². The summed E-state index contributed by atoms with van der Waals surface area (Å²) in [7, 11) is -3.48. The summed E-state index contributed by atoms with van der Waals surface area (Å²) >= 11 is 1.23. The van der Waals surface area contributed by atoms with Crippen LogP contribution < -0.4 is 0 Å². The van der Waals surface area contributed by atoms with Crippen LogP contribution in [0.3, 0.4) is 0 Å². The molecule has 0 amide bonds. The molecule has 0 unspecified atom stereocenters. The summed E-state index contributed by atoms with van der Waals surface area (Å²) in [6, 6.07) is 4.12. The van der Waals surface area contributed by atoms with E-state index in [1.807, 2.05) is 0 Å². The van der Waals surface area contributed by atoms with Crippen molar-refractivity contribution in [3.05, 3.63) is 18.0 Å². The van der Waals surface area contributed by atoms with E-state index in [0.717, 1.165) is 30.8 Å². The van der Waals surface area contributed by atoms with Gasteiger partial charge in [0.2, 0.25) is 5.89 Å². The Morgan fingerprint density at radius 2 is 1.60 bits per heavy atom. The smallest absolute Gasteiger partial charge is 0.257 e. The lowest BCUT2D eigenvalue weighted by atomic mass is 9.94. The minimum absolute atomic E-state index is 0.356. The minimum Gasteiger partial charge on any atom is -0.420 e. The molecule has 1 saturated heterocycles. The zero-order chi connectivity index (χ0) is 20.6. The Balaban J connectivity index is 1.25. The molecule has 3 fully saturated rings. The molecular formula is C21H30N4O3S2. The van der Waals surface area contributed by atoms with Gasteiger partial charge in [-0.2, -0.15) is 4.31 Å². The highest BCUT2D eigenvalue weighted by molar-refractivity contribution is 7.91. The summed E-state index contributed by atoms with van der Waals surface area (Å²) in [5, 5.41) is 8.39. The van der Waals surface area contributed by atoms with Gasteiger partial charge in [0.25, 0.3) is 15.9 Å². The average molecular weight is 451 g/mol. The van der Waals surface area contributed by atoms with Crippen molar-refractivity contribution in [2.75, 3.05) is 26.2 Å². The Labute approximate surface area is 182 Å². The van der Waals surface area contributed by atoms with Crippen molar-refractivity contribution in [2.24, 2.45) is 0 Å². The second-order valence-corrected chi connectivity index (χ2v) is 12.0. The first-order valence-corrected chi connectivity index (χ1v) is 13.5. The molecule has 7 nitrogen and oxygen atoms in total. The third-order valence-electron chi connectivity index (χ3n) is 6.90. The highest BCUT2D eigenvalue weighted by Crippen LogP contribution is 2.37. The maximum Gasteiger partial charge on any atom is 0.257 e. The Morgan fingerprint density at radius 1 is 0.900 bits per heavy atom. The van der Waals surface area contributed by atoms with Gasteiger partial charge in [-0.05, 0) is 37.8 Å². The highest BCUT2D eigenvalue weighted by atomic mass is 32.2. The van der Waals surface area contributed by atoms with Gasteiger partial charge in [-0.15, -0.1) is 21.5 Å². The Kier molecular flexibility index (Phi) is 5.96. The first-order valence-electron chi connectivity index (χ1n) is 11.3. The fraction of sp³-hybridized carbons (Fsp3) is 0.714. The van der Waals surface area contributed by atoms with E-state index in [2.05, 4.69) is 15.1 Å². The Hall–Kier alpha value is -1.29. The van der Waals surface area contributed by atoms with E-state index >= 15 is 0 Å². The first-order chi connectivity index (χ1) is 14.6. The van der Waals surface area contributed by atoms with Crippen molar-refractivity contribution in [2.45, 2.75) is 74.0 Å². The third kappa shape index (κ3) is 4.09. The Morgan fingerprint density at radius 3 is 2.33 bits per heavy atom. The topological polar surface area (TPSA) is 79.5 Å². The van der Waals surface area contributed by atoms with E-state index in [-0.39, 0.29) is 0 Å². The molecule has 0 bridgehead atoms. The maximum absolute atomic E-state index is 13.2. The summed E-state index contributed by atoms with van der Waals surface area (Å²) in [6.45, 7) is 2.80. The number of sulfonamides is 1. The number of hydrogen-bond acceptors (Lipinski definition) is 7. The molecule has 9 heteroatoms. The van der Waals surface area contributed by atoms with E-state index in [1.54, 1.807) is 16.4 Å². The lowest BCUT2D eigenvalue weighted by molar-refractivity contribution is 0.111. The van der Waals surface area contributed by atoms with Crippen LogP contribution in [0.4, 0.5) is 0 Å². The van der Waals surface area contributed by atoms with Gasteiger partial charge in [-0.25, -0.2) is 8.42 Å². The van der Waals surface area contributed by atoms with Gasteiger partial charge < -0.3 is 4.42 Å². The zero-order valence-corrected chi connectivity index (χ0v) is 19.0. The summed E-state index contributed by atoms with van der Waals surface area (Å²) in [5.41, 5.74) is 0. The molecule has 0 aromatic carbocycles. The van der Waals surface area contributed by atoms with Gasteiger partial charge >= 0.3 is 0 Å². The number of piperazine rings is 1. The Bertz CT molecular complexity index is 951. The van der Waals surface area contributed by atoms with E-state index in [1.165, 1.54) is 56.3 Å². The average Bonchev–Trinajstić information content (AvgIpc) is 3.55. The molecule has 3 heterocycles. The van der Waals surface area contributed by atoms with Crippen LogP contribution in [0, 0.1) is 0 Å². The SMILES string of the molecule is O=S(=O)(c1ccc(-c2nnc(C3CCCC3)o2)s1)N1CCN(C2CCCCC2)CC1. The summed E-state index contributed by atoms with van der Waals surface area (Å²) in [4.78, 5) is 3.22. The van der Waals surface area contributed by atoms with Crippen LogP contribution in [-0.4, -0.2) is 60.0 Å². The fourth-order valence-electron chi connectivity index (χ4n) is 5.13. The van der Waals surface area contributed by atoms with Gasteiger partial charge in [0, 0.05) is 38.1 Å².